The van der Waals surface area contributed by atoms with Crippen LogP contribution >= 0.6 is 0 Å². The molecule has 0 saturated carbocycles. The molecule has 0 unspecified atom stereocenters. The van der Waals surface area contributed by atoms with Gasteiger partial charge in [-0.1, -0.05) is 0 Å². The van der Waals surface area contributed by atoms with Crippen molar-refractivity contribution in [1.29, 1.82) is 0 Å². The average Bonchev–Trinajstić information content (AvgIpc) is 2.85. The number of carbonyl (C=O) groups excluding carboxylic acids is 1. The summed E-state index contributed by atoms with van der Waals surface area (Å²) in [4.78, 5) is 30.1. The van der Waals surface area contributed by atoms with Crippen LogP contribution in [0.2, 0.25) is 0 Å². The average molecular weight is 289 g/mol. The fraction of sp³-hybridized carbons (Fsp3) is 0.500. The molecule has 2 aromatic heterocycles. The van der Waals surface area contributed by atoms with Crippen LogP contribution in [-0.2, 0) is 11.2 Å². The van der Waals surface area contributed by atoms with Gasteiger partial charge in [-0.2, -0.15) is 0 Å². The number of piperazine rings is 1. The summed E-state index contributed by atoms with van der Waals surface area (Å²) in [5, 5.41) is 5.94. The minimum absolute atomic E-state index is 0.110. The molecule has 1 fully saturated rings. The molecule has 0 aromatic carbocycles. The fourth-order valence-corrected chi connectivity index (χ4v) is 2.79. The smallest absolute Gasteiger partial charge is 0.266 e. The number of H-pyrrole nitrogens is 1. The second-order valence-electron chi connectivity index (χ2n) is 5.38. The van der Waals surface area contributed by atoms with Gasteiger partial charge >= 0.3 is 0 Å². The molecular weight excluding hydrogens is 270 g/mol. The minimum atomic E-state index is -0.185. The number of nitrogens with one attached hydrogen (secondary N) is 2. The van der Waals surface area contributed by atoms with Gasteiger partial charge in [0.05, 0.1) is 6.42 Å². The normalized spacial score (nSPS) is 15.6. The molecule has 0 bridgehead atoms. The number of aromatic amines is 1. The van der Waals surface area contributed by atoms with Crippen molar-refractivity contribution in [2.75, 3.05) is 26.2 Å². The summed E-state index contributed by atoms with van der Waals surface area (Å²) in [5.41, 5.74) is 2.96. The molecular formula is C14H19N5O2. The first kappa shape index (κ1) is 13.8. The highest BCUT2D eigenvalue weighted by molar-refractivity contribution is 5.79. The molecule has 3 heterocycles. The highest BCUT2D eigenvalue weighted by atomic mass is 16.2. The van der Waals surface area contributed by atoms with Crippen LogP contribution in [0.15, 0.2) is 10.9 Å². The van der Waals surface area contributed by atoms with Crippen LogP contribution in [0.1, 0.15) is 17.0 Å². The van der Waals surface area contributed by atoms with E-state index in [-0.39, 0.29) is 11.5 Å². The standard InChI is InChI=1S/C14H19N5O2/c1-9-11(7-14(21)18-5-3-15-4-6-18)10(2)19-12(16-9)8-13(20)17-19/h8,15H,3-7H2,1-2H3,(H,17,20). The van der Waals surface area contributed by atoms with Crippen molar-refractivity contribution in [2.24, 2.45) is 0 Å². The van der Waals surface area contributed by atoms with Crippen molar-refractivity contribution >= 4 is 11.6 Å². The first-order valence-electron chi connectivity index (χ1n) is 7.12. The Labute approximate surface area is 122 Å². The quantitative estimate of drug-likeness (QED) is 0.789. The van der Waals surface area contributed by atoms with Gasteiger partial charge in [0.15, 0.2) is 5.65 Å². The van der Waals surface area contributed by atoms with Crippen LogP contribution in [0.5, 0.6) is 0 Å². The maximum atomic E-state index is 12.4. The second kappa shape index (κ2) is 5.33. The van der Waals surface area contributed by atoms with E-state index in [2.05, 4.69) is 15.4 Å². The van der Waals surface area contributed by atoms with Crippen LogP contribution in [0.25, 0.3) is 5.65 Å². The zero-order valence-electron chi connectivity index (χ0n) is 12.3. The predicted octanol–water partition coefficient (Wildman–Crippen LogP) is -0.386. The summed E-state index contributed by atoms with van der Waals surface area (Å²) >= 11 is 0. The van der Waals surface area contributed by atoms with Gasteiger partial charge < -0.3 is 10.2 Å². The number of hydrogen-bond donors (Lipinski definition) is 2. The van der Waals surface area contributed by atoms with Crippen LogP contribution in [0, 0.1) is 13.8 Å². The van der Waals surface area contributed by atoms with Gasteiger partial charge in [-0.05, 0) is 13.8 Å². The lowest BCUT2D eigenvalue weighted by Crippen LogP contribution is -2.47. The number of aryl methyl sites for hydroxylation is 2. The first-order valence-corrected chi connectivity index (χ1v) is 7.12. The summed E-state index contributed by atoms with van der Waals surface area (Å²) < 4.78 is 1.65. The molecule has 0 aliphatic carbocycles. The largest absolute Gasteiger partial charge is 0.340 e. The molecule has 112 valence electrons. The van der Waals surface area contributed by atoms with Gasteiger partial charge in [0.1, 0.15) is 0 Å². The van der Waals surface area contributed by atoms with E-state index in [1.807, 2.05) is 18.7 Å². The molecule has 7 heteroatoms. The van der Waals surface area contributed by atoms with Gasteiger partial charge in [-0.3, -0.25) is 14.7 Å². The van der Waals surface area contributed by atoms with E-state index in [1.165, 1.54) is 6.07 Å². The lowest BCUT2D eigenvalue weighted by Gasteiger charge is -2.27. The molecule has 1 aliphatic heterocycles. The topological polar surface area (TPSA) is 82.5 Å². The van der Waals surface area contributed by atoms with E-state index in [0.29, 0.717) is 12.1 Å². The molecule has 0 spiro atoms. The molecule has 0 radical (unpaired) electrons. The van der Waals surface area contributed by atoms with Gasteiger partial charge in [0.2, 0.25) is 5.91 Å². The van der Waals surface area contributed by atoms with Crippen molar-refractivity contribution in [1.82, 2.24) is 24.8 Å². The second-order valence-corrected chi connectivity index (χ2v) is 5.38. The number of hydrogen-bond acceptors (Lipinski definition) is 4. The number of aromatic nitrogens is 3. The Kier molecular flexibility index (Phi) is 3.50. The van der Waals surface area contributed by atoms with E-state index < -0.39 is 0 Å². The number of amides is 1. The Morgan fingerprint density at radius 2 is 2.05 bits per heavy atom. The number of rotatable bonds is 2. The number of fused-ring (bicyclic) bond motifs is 1. The zero-order valence-corrected chi connectivity index (χ0v) is 12.3. The maximum Gasteiger partial charge on any atom is 0.266 e. The Bertz CT molecular complexity index is 740. The van der Waals surface area contributed by atoms with Crippen LogP contribution in [-0.4, -0.2) is 51.6 Å². The summed E-state index contributed by atoms with van der Waals surface area (Å²) in [7, 11) is 0. The highest BCUT2D eigenvalue weighted by Crippen LogP contribution is 2.15. The number of carbonyl (C=O) groups is 1. The SMILES string of the molecule is Cc1nc2cc(=O)[nH]n2c(C)c1CC(=O)N1CCNCC1. The minimum Gasteiger partial charge on any atom is -0.340 e. The molecule has 1 aliphatic rings. The molecule has 1 saturated heterocycles. The third kappa shape index (κ3) is 2.56. The Morgan fingerprint density at radius 1 is 1.33 bits per heavy atom. The fourth-order valence-electron chi connectivity index (χ4n) is 2.79. The summed E-state index contributed by atoms with van der Waals surface area (Å²) in [6.45, 7) is 6.95. The Balaban J connectivity index is 1.92. The number of nitrogens with zero attached hydrogens (tertiary/aromatic N) is 3. The lowest BCUT2D eigenvalue weighted by molar-refractivity contribution is -0.131. The van der Waals surface area contributed by atoms with Gasteiger partial charge in [0, 0.05) is 49.2 Å². The summed E-state index contributed by atoms with van der Waals surface area (Å²) in [5.74, 6) is 0.110. The third-order valence-electron chi connectivity index (χ3n) is 4.00. The first-order chi connectivity index (χ1) is 10.1. The lowest BCUT2D eigenvalue weighted by atomic mass is 10.1. The van der Waals surface area contributed by atoms with Crippen molar-refractivity contribution < 1.29 is 4.79 Å². The molecule has 2 aromatic rings. The van der Waals surface area contributed by atoms with Crippen LogP contribution < -0.4 is 10.9 Å². The van der Waals surface area contributed by atoms with E-state index in [9.17, 15) is 9.59 Å². The van der Waals surface area contributed by atoms with Gasteiger partial charge in [0.25, 0.3) is 5.56 Å². The Morgan fingerprint density at radius 3 is 2.76 bits per heavy atom. The van der Waals surface area contributed by atoms with Crippen molar-refractivity contribution in [3.05, 3.63) is 33.4 Å². The molecule has 0 atom stereocenters. The predicted molar refractivity (Wildman–Crippen MR) is 78.4 cm³/mol. The van der Waals surface area contributed by atoms with Crippen LogP contribution in [0.3, 0.4) is 0 Å². The zero-order chi connectivity index (χ0) is 15.0. The van der Waals surface area contributed by atoms with E-state index in [0.717, 1.165) is 43.1 Å². The summed E-state index contributed by atoms with van der Waals surface area (Å²) in [6, 6.07) is 1.46. The van der Waals surface area contributed by atoms with Crippen molar-refractivity contribution in [3.8, 4) is 0 Å². The molecule has 1 amide bonds. The van der Waals surface area contributed by atoms with E-state index in [4.69, 9.17) is 0 Å². The summed E-state index contributed by atoms with van der Waals surface area (Å²) in [6.07, 6.45) is 0.320. The van der Waals surface area contributed by atoms with Crippen LogP contribution in [0.4, 0.5) is 0 Å². The molecule has 3 rings (SSSR count). The third-order valence-corrected chi connectivity index (χ3v) is 4.00. The van der Waals surface area contributed by atoms with Gasteiger partial charge in [-0.15, -0.1) is 0 Å². The maximum absolute atomic E-state index is 12.4. The van der Waals surface area contributed by atoms with E-state index >= 15 is 0 Å². The monoisotopic (exact) mass is 289 g/mol. The van der Waals surface area contributed by atoms with Crippen molar-refractivity contribution in [3.63, 3.8) is 0 Å². The van der Waals surface area contributed by atoms with Crippen molar-refractivity contribution in [2.45, 2.75) is 20.3 Å². The van der Waals surface area contributed by atoms with Gasteiger partial charge in [-0.25, -0.2) is 9.50 Å². The molecule has 2 N–H and O–H groups in total. The highest BCUT2D eigenvalue weighted by Gasteiger charge is 2.20. The van der Waals surface area contributed by atoms with E-state index in [1.54, 1.807) is 4.52 Å². The molecule has 7 nitrogen and oxygen atoms in total. The Hall–Kier alpha value is -2.15. The molecule has 21 heavy (non-hydrogen) atoms.